The summed E-state index contributed by atoms with van der Waals surface area (Å²) in [7, 11) is -3.95. The average Bonchev–Trinajstić information content (AvgIpc) is 4.09. The molecule has 4 amide bonds. The first-order chi connectivity index (χ1) is 29.0. The maximum atomic E-state index is 15.0. The quantitative estimate of drug-likeness (QED) is 0.170. The number of allylic oxidation sites excluding steroid dienone is 1. The first-order valence-corrected chi connectivity index (χ1v) is 22.6. The second-order valence-corrected chi connectivity index (χ2v) is 19.5. The van der Waals surface area contributed by atoms with Gasteiger partial charge >= 0.3 is 6.09 Å². The Hall–Kier alpha value is -5.45. The number of aromatic nitrogens is 1. The van der Waals surface area contributed by atoms with E-state index in [1.54, 1.807) is 20.8 Å². The molecule has 17 heteroatoms. The standard InChI is InChI=1S/C44H52FN5O10S/c1-6-57-34-19-17-29-35-38(59-36(29)24(34)2)37(30-20-26(45)14-18-31(30)46-35)58-27-21-33-39(51)48-44(41(53)49-61(55,56)28-15-16-28)22-25(44)12-10-8-7-9-11-13-32(40(52)50(33)23-27)47-42(54)60-43(3,4)5/h10,12,14,17-20,25,27-28,32-33H,6-9,11,13,15-16,21-23H2,1-5H3,(H,47,54)(H,48,51)(H,49,53)/b12-10-/t25-,27+,32-,33-,44+/m0/s1. The zero-order valence-electron chi connectivity index (χ0n) is 35.0. The zero-order valence-corrected chi connectivity index (χ0v) is 35.8. The highest BCUT2D eigenvalue weighted by atomic mass is 32.2. The molecular formula is C44H52FN5O10S. The third-order valence-electron chi connectivity index (χ3n) is 11.8. The number of rotatable bonds is 8. The molecule has 5 atom stereocenters. The first-order valence-electron chi connectivity index (χ1n) is 21.1. The summed E-state index contributed by atoms with van der Waals surface area (Å²) in [5, 5.41) is 5.92. The molecule has 326 valence electrons. The van der Waals surface area contributed by atoms with Gasteiger partial charge in [-0.05, 0) is 103 Å². The normalized spacial score (nSPS) is 25.5. The monoisotopic (exact) mass is 861 g/mol. The van der Waals surface area contributed by atoms with Gasteiger partial charge in [0.2, 0.25) is 21.8 Å². The lowest BCUT2D eigenvalue weighted by molar-refractivity contribution is -0.141. The van der Waals surface area contributed by atoms with E-state index in [-0.39, 0.29) is 37.1 Å². The number of ether oxygens (including phenoxy) is 3. The number of nitrogens with one attached hydrogen (secondary N) is 3. The molecule has 1 saturated heterocycles. The van der Waals surface area contributed by atoms with Crippen LogP contribution in [-0.4, -0.2) is 89.8 Å². The molecule has 0 unspecified atom stereocenters. The Morgan fingerprint density at radius 2 is 1.85 bits per heavy atom. The van der Waals surface area contributed by atoms with Crippen LogP contribution in [0.15, 0.2) is 46.9 Å². The molecule has 2 aromatic heterocycles. The highest BCUT2D eigenvalue weighted by molar-refractivity contribution is 7.91. The van der Waals surface area contributed by atoms with E-state index in [1.165, 1.54) is 23.1 Å². The summed E-state index contributed by atoms with van der Waals surface area (Å²) < 4.78 is 67.7. The van der Waals surface area contributed by atoms with E-state index >= 15 is 0 Å². The third kappa shape index (κ3) is 8.57. The molecule has 3 fully saturated rings. The van der Waals surface area contributed by atoms with Crippen molar-refractivity contribution in [3.05, 3.63) is 53.9 Å². The molecule has 8 rings (SSSR count). The number of carbonyl (C=O) groups excluding carboxylic acids is 4. The van der Waals surface area contributed by atoms with Crippen LogP contribution < -0.4 is 24.8 Å². The SMILES string of the molecule is CCOc1ccc2c(oc3c(O[C@@H]4C[C@H]5C(=O)N[C@]6(C(=O)NS(=O)(=O)C7CC7)C[C@@H]6/C=C\CCCCC[C@H](NC(=O)OC(C)(C)C)C(=O)N5C4)c4cc(F)ccc4nc32)c1C. The van der Waals surface area contributed by atoms with Crippen molar-refractivity contribution in [1.82, 2.24) is 25.2 Å². The van der Waals surface area contributed by atoms with E-state index in [1.807, 2.05) is 38.1 Å². The predicted molar refractivity (Wildman–Crippen MR) is 224 cm³/mol. The molecule has 3 N–H and O–H groups in total. The van der Waals surface area contributed by atoms with Gasteiger partial charge in [-0.15, -0.1) is 0 Å². The van der Waals surface area contributed by atoms with Gasteiger partial charge in [0.15, 0.2) is 11.3 Å². The van der Waals surface area contributed by atoms with Crippen LogP contribution in [0.25, 0.3) is 33.0 Å². The van der Waals surface area contributed by atoms with Crippen molar-refractivity contribution in [3.63, 3.8) is 0 Å². The molecular weight excluding hydrogens is 810 g/mol. The van der Waals surface area contributed by atoms with E-state index < -0.39 is 80.2 Å². The second kappa shape index (κ2) is 16.1. The molecule has 4 heterocycles. The minimum Gasteiger partial charge on any atom is -0.493 e. The minimum absolute atomic E-state index is 0.0797. The average molecular weight is 862 g/mol. The number of sulfonamides is 1. The van der Waals surface area contributed by atoms with Crippen LogP contribution in [0.5, 0.6) is 11.5 Å². The van der Waals surface area contributed by atoms with E-state index in [4.69, 9.17) is 23.6 Å². The van der Waals surface area contributed by atoms with Gasteiger partial charge in [0, 0.05) is 28.7 Å². The Balaban J connectivity index is 1.18. The van der Waals surface area contributed by atoms with E-state index in [2.05, 4.69) is 15.4 Å². The van der Waals surface area contributed by atoms with Crippen molar-refractivity contribution in [2.24, 2.45) is 5.92 Å². The number of nitrogens with zero attached hydrogens (tertiary/aromatic N) is 2. The lowest BCUT2D eigenvalue weighted by Gasteiger charge is -2.30. The van der Waals surface area contributed by atoms with Crippen molar-refractivity contribution in [2.75, 3.05) is 13.2 Å². The molecule has 2 aliphatic carbocycles. The molecule has 0 spiro atoms. The number of aryl methyl sites for hydroxylation is 1. The molecule has 15 nitrogen and oxygen atoms in total. The molecule has 0 radical (unpaired) electrons. The minimum atomic E-state index is -3.95. The molecule has 2 saturated carbocycles. The van der Waals surface area contributed by atoms with Gasteiger partial charge in [-0.2, -0.15) is 0 Å². The Labute approximate surface area is 353 Å². The lowest BCUT2D eigenvalue weighted by Crippen LogP contribution is -2.58. The Bertz CT molecular complexity index is 2570. The molecule has 61 heavy (non-hydrogen) atoms. The Kier molecular flexibility index (Phi) is 11.2. The molecule has 0 bridgehead atoms. The van der Waals surface area contributed by atoms with Gasteiger partial charge in [-0.3, -0.25) is 19.1 Å². The van der Waals surface area contributed by atoms with Crippen LogP contribution in [-0.2, 0) is 29.1 Å². The number of hydrogen-bond donors (Lipinski definition) is 3. The van der Waals surface area contributed by atoms with E-state index in [9.17, 15) is 32.0 Å². The fourth-order valence-corrected chi connectivity index (χ4v) is 9.82. The topological polar surface area (TPSA) is 195 Å². The summed E-state index contributed by atoms with van der Waals surface area (Å²) in [6.07, 6.45) is 6.00. The van der Waals surface area contributed by atoms with Crippen LogP contribution in [0, 0.1) is 18.7 Å². The van der Waals surface area contributed by atoms with Crippen LogP contribution in [0.2, 0.25) is 0 Å². The van der Waals surface area contributed by atoms with E-state index in [0.717, 1.165) is 18.4 Å². The lowest BCUT2D eigenvalue weighted by atomic mass is 10.0. The highest BCUT2D eigenvalue weighted by Crippen LogP contribution is 2.47. The van der Waals surface area contributed by atoms with Crippen LogP contribution >= 0.6 is 0 Å². The highest BCUT2D eigenvalue weighted by Gasteiger charge is 2.62. The van der Waals surface area contributed by atoms with Gasteiger partial charge in [-0.1, -0.05) is 25.0 Å². The largest absolute Gasteiger partial charge is 0.493 e. The smallest absolute Gasteiger partial charge is 0.408 e. The molecule has 4 aromatic rings. The van der Waals surface area contributed by atoms with Gasteiger partial charge in [-0.25, -0.2) is 22.6 Å². The number of amides is 4. The summed E-state index contributed by atoms with van der Waals surface area (Å²) in [6.45, 7) is 9.16. The maximum absolute atomic E-state index is 15.0. The summed E-state index contributed by atoms with van der Waals surface area (Å²) in [6, 6.07) is 5.47. The fourth-order valence-electron chi connectivity index (χ4n) is 8.45. The van der Waals surface area contributed by atoms with Crippen molar-refractivity contribution < 1.29 is 50.6 Å². The first kappa shape index (κ1) is 42.2. The Morgan fingerprint density at radius 1 is 1.07 bits per heavy atom. The van der Waals surface area contributed by atoms with Gasteiger partial charge < -0.3 is 34.2 Å². The zero-order chi connectivity index (χ0) is 43.4. The number of pyridine rings is 1. The number of halogens is 1. The van der Waals surface area contributed by atoms with Crippen molar-refractivity contribution >= 4 is 66.8 Å². The maximum Gasteiger partial charge on any atom is 0.408 e. The number of hydrogen-bond acceptors (Lipinski definition) is 11. The summed E-state index contributed by atoms with van der Waals surface area (Å²) in [4.78, 5) is 62.6. The summed E-state index contributed by atoms with van der Waals surface area (Å²) >= 11 is 0. The second-order valence-electron chi connectivity index (χ2n) is 17.6. The number of alkyl carbamates (subject to hydrolysis) is 1. The molecule has 2 aliphatic heterocycles. The number of fused-ring (bicyclic) bond motifs is 6. The summed E-state index contributed by atoms with van der Waals surface area (Å²) in [5.41, 5.74) is -0.0889. The van der Waals surface area contributed by atoms with Crippen LogP contribution in [0.1, 0.15) is 91.0 Å². The van der Waals surface area contributed by atoms with Gasteiger partial charge in [0.25, 0.3) is 5.91 Å². The van der Waals surface area contributed by atoms with Crippen LogP contribution in [0.3, 0.4) is 0 Å². The van der Waals surface area contributed by atoms with Gasteiger partial charge in [0.05, 0.1) is 23.9 Å². The van der Waals surface area contributed by atoms with E-state index in [0.29, 0.717) is 65.4 Å². The molecule has 4 aliphatic rings. The van der Waals surface area contributed by atoms with Crippen LogP contribution in [0.4, 0.5) is 9.18 Å². The fraction of sp³-hybridized carbons (Fsp3) is 0.523. The Morgan fingerprint density at radius 3 is 2.59 bits per heavy atom. The third-order valence-corrected chi connectivity index (χ3v) is 13.6. The van der Waals surface area contributed by atoms with Crippen molar-refractivity contribution in [3.8, 4) is 11.5 Å². The van der Waals surface area contributed by atoms with Gasteiger partial charge in [0.1, 0.15) is 52.0 Å². The number of furan rings is 1. The number of benzene rings is 2. The van der Waals surface area contributed by atoms with Crippen molar-refractivity contribution in [1.29, 1.82) is 0 Å². The van der Waals surface area contributed by atoms with Crippen molar-refractivity contribution in [2.45, 2.75) is 127 Å². The predicted octanol–water partition coefficient (Wildman–Crippen LogP) is 6.23. The number of carbonyl (C=O) groups is 4. The molecule has 2 aromatic carbocycles. The summed E-state index contributed by atoms with van der Waals surface area (Å²) in [5.74, 6) is -2.34.